The number of amides is 2. The van der Waals surface area contributed by atoms with Crippen molar-refractivity contribution in [2.45, 2.75) is 31.5 Å². The van der Waals surface area contributed by atoms with Crippen molar-refractivity contribution in [1.29, 1.82) is 0 Å². The average molecular weight is 453 g/mol. The Bertz CT molecular complexity index is 1030. The highest BCUT2D eigenvalue weighted by Crippen LogP contribution is 2.35. The first-order valence-electron chi connectivity index (χ1n) is 10.2. The van der Waals surface area contributed by atoms with Gasteiger partial charge in [0.2, 0.25) is 11.8 Å². The topological polar surface area (TPSA) is 49.4 Å². The van der Waals surface area contributed by atoms with Gasteiger partial charge in [0.15, 0.2) is 0 Å². The van der Waals surface area contributed by atoms with Crippen molar-refractivity contribution in [2.75, 3.05) is 0 Å². The Morgan fingerprint density at radius 1 is 0.968 bits per heavy atom. The minimum atomic E-state index is -0.552. The van der Waals surface area contributed by atoms with Crippen LogP contribution in [0.2, 0.25) is 10.0 Å². The number of halogens is 2. The molecule has 1 aliphatic heterocycles. The first-order valence-corrected chi connectivity index (χ1v) is 10.9. The van der Waals surface area contributed by atoms with Crippen LogP contribution in [0.3, 0.4) is 0 Å². The molecule has 4 rings (SSSR count). The maximum absolute atomic E-state index is 13.1. The standard InChI is InChI=1S/C25H22Cl2N2O2/c26-20-12-11-19(21(27)15-20)16-28-25(31)22-13-14-23(30)29(22)24(17-7-3-1-4-8-17)18-9-5-2-6-10-18/h1-12,15,22,24H,13-14,16H2,(H,28,31). The monoisotopic (exact) mass is 452 g/mol. The van der Waals surface area contributed by atoms with Gasteiger partial charge in [-0.25, -0.2) is 0 Å². The van der Waals surface area contributed by atoms with Gasteiger partial charge < -0.3 is 10.2 Å². The lowest BCUT2D eigenvalue weighted by atomic mass is 9.96. The SMILES string of the molecule is O=C(NCc1ccc(Cl)cc1Cl)C1CCC(=O)N1C(c1ccccc1)c1ccccc1. The Kier molecular flexibility index (Phi) is 6.59. The van der Waals surface area contributed by atoms with Crippen LogP contribution in [-0.4, -0.2) is 22.8 Å². The molecule has 1 unspecified atom stereocenters. The molecule has 6 heteroatoms. The number of benzene rings is 3. The normalized spacial score (nSPS) is 16.0. The number of carbonyl (C=O) groups excluding carboxylic acids is 2. The van der Waals surface area contributed by atoms with Gasteiger partial charge in [-0.1, -0.05) is 89.9 Å². The molecule has 0 radical (unpaired) electrons. The van der Waals surface area contributed by atoms with Crippen LogP contribution in [0.25, 0.3) is 0 Å². The molecule has 1 saturated heterocycles. The second-order valence-corrected chi connectivity index (χ2v) is 8.38. The summed E-state index contributed by atoms with van der Waals surface area (Å²) in [6.45, 7) is 0.273. The summed E-state index contributed by atoms with van der Waals surface area (Å²) in [5.41, 5.74) is 2.72. The van der Waals surface area contributed by atoms with Crippen LogP contribution < -0.4 is 5.32 Å². The molecule has 0 spiro atoms. The van der Waals surface area contributed by atoms with Crippen LogP contribution in [0.5, 0.6) is 0 Å². The Morgan fingerprint density at radius 3 is 2.16 bits per heavy atom. The number of hydrogen-bond acceptors (Lipinski definition) is 2. The van der Waals surface area contributed by atoms with Gasteiger partial charge in [0.1, 0.15) is 6.04 Å². The van der Waals surface area contributed by atoms with Crippen LogP contribution >= 0.6 is 23.2 Å². The summed E-state index contributed by atoms with van der Waals surface area (Å²) >= 11 is 12.2. The van der Waals surface area contributed by atoms with Gasteiger partial charge in [-0.05, 0) is 35.2 Å². The number of carbonyl (C=O) groups is 2. The van der Waals surface area contributed by atoms with Crippen LogP contribution in [0.4, 0.5) is 0 Å². The predicted octanol–water partition coefficient (Wildman–Crippen LogP) is 5.39. The first-order chi connectivity index (χ1) is 15.0. The van der Waals surface area contributed by atoms with Crippen LogP contribution in [-0.2, 0) is 16.1 Å². The lowest BCUT2D eigenvalue weighted by Crippen LogP contribution is -2.46. The fourth-order valence-corrected chi connectivity index (χ4v) is 4.51. The van der Waals surface area contributed by atoms with Crippen molar-refractivity contribution in [1.82, 2.24) is 10.2 Å². The Balaban J connectivity index is 1.60. The molecule has 0 bridgehead atoms. The fraction of sp³-hybridized carbons (Fsp3) is 0.200. The molecule has 1 heterocycles. The highest BCUT2D eigenvalue weighted by Gasteiger charge is 2.41. The molecule has 0 aliphatic carbocycles. The molecule has 1 N–H and O–H groups in total. The molecule has 3 aromatic rings. The highest BCUT2D eigenvalue weighted by atomic mass is 35.5. The number of nitrogens with one attached hydrogen (secondary N) is 1. The summed E-state index contributed by atoms with van der Waals surface area (Å²) in [6.07, 6.45) is 0.825. The fourth-order valence-electron chi connectivity index (χ4n) is 4.03. The van der Waals surface area contributed by atoms with Crippen LogP contribution in [0.15, 0.2) is 78.9 Å². The van der Waals surface area contributed by atoms with Crippen molar-refractivity contribution in [3.63, 3.8) is 0 Å². The second kappa shape index (κ2) is 9.54. The van der Waals surface area contributed by atoms with E-state index < -0.39 is 6.04 Å². The largest absolute Gasteiger partial charge is 0.350 e. The van der Waals surface area contributed by atoms with Crippen molar-refractivity contribution in [3.8, 4) is 0 Å². The molecule has 2 amide bonds. The number of likely N-dealkylation sites (tertiary alicyclic amines) is 1. The summed E-state index contributed by atoms with van der Waals surface area (Å²) in [6, 6.07) is 23.9. The zero-order valence-corrected chi connectivity index (χ0v) is 18.3. The van der Waals surface area contributed by atoms with Gasteiger partial charge >= 0.3 is 0 Å². The third-order valence-corrected chi connectivity index (χ3v) is 6.12. The summed E-state index contributed by atoms with van der Waals surface area (Å²) in [7, 11) is 0. The summed E-state index contributed by atoms with van der Waals surface area (Å²) in [5, 5.41) is 3.99. The molecule has 4 nitrogen and oxygen atoms in total. The highest BCUT2D eigenvalue weighted by molar-refractivity contribution is 6.35. The van der Waals surface area contributed by atoms with Crippen molar-refractivity contribution in [3.05, 3.63) is 106 Å². The van der Waals surface area contributed by atoms with Crippen LogP contribution in [0.1, 0.15) is 35.6 Å². The van der Waals surface area contributed by atoms with E-state index in [0.29, 0.717) is 22.9 Å². The Hall–Kier alpha value is -2.82. The van der Waals surface area contributed by atoms with E-state index in [1.54, 1.807) is 23.1 Å². The Morgan fingerprint density at radius 2 is 1.58 bits per heavy atom. The van der Waals surface area contributed by atoms with Gasteiger partial charge in [0.05, 0.1) is 6.04 Å². The lowest BCUT2D eigenvalue weighted by molar-refractivity contribution is -0.137. The zero-order chi connectivity index (χ0) is 21.8. The van der Waals surface area contributed by atoms with Gasteiger partial charge in [-0.15, -0.1) is 0 Å². The third kappa shape index (κ3) is 4.76. The molecule has 1 atom stereocenters. The van der Waals surface area contributed by atoms with E-state index in [-0.39, 0.29) is 24.4 Å². The number of nitrogens with zero attached hydrogens (tertiary/aromatic N) is 1. The van der Waals surface area contributed by atoms with Crippen molar-refractivity contribution in [2.24, 2.45) is 0 Å². The van der Waals surface area contributed by atoms with Crippen molar-refractivity contribution < 1.29 is 9.59 Å². The molecule has 31 heavy (non-hydrogen) atoms. The van der Waals surface area contributed by atoms with Gasteiger partial charge in [-0.2, -0.15) is 0 Å². The van der Waals surface area contributed by atoms with E-state index in [1.165, 1.54) is 0 Å². The maximum Gasteiger partial charge on any atom is 0.243 e. The molecule has 0 aromatic heterocycles. The van der Waals surface area contributed by atoms with Crippen LogP contribution in [0, 0.1) is 0 Å². The maximum atomic E-state index is 13.1. The van der Waals surface area contributed by atoms with Gasteiger partial charge in [0.25, 0.3) is 0 Å². The van der Waals surface area contributed by atoms with Gasteiger partial charge in [0, 0.05) is 23.0 Å². The van der Waals surface area contributed by atoms with E-state index in [4.69, 9.17) is 23.2 Å². The quantitative estimate of drug-likeness (QED) is 0.544. The summed E-state index contributed by atoms with van der Waals surface area (Å²) < 4.78 is 0. The second-order valence-electron chi connectivity index (χ2n) is 7.53. The number of rotatable bonds is 6. The third-order valence-electron chi connectivity index (χ3n) is 5.54. The molecule has 1 fully saturated rings. The van der Waals surface area contributed by atoms with Gasteiger partial charge in [-0.3, -0.25) is 9.59 Å². The molecule has 158 valence electrons. The molecule has 1 aliphatic rings. The van der Waals surface area contributed by atoms with E-state index in [2.05, 4.69) is 5.32 Å². The van der Waals surface area contributed by atoms with E-state index >= 15 is 0 Å². The van der Waals surface area contributed by atoms with E-state index in [9.17, 15) is 9.59 Å². The molecule has 0 saturated carbocycles. The van der Waals surface area contributed by atoms with E-state index in [0.717, 1.165) is 16.7 Å². The van der Waals surface area contributed by atoms with E-state index in [1.807, 2.05) is 60.7 Å². The Labute approximate surface area is 191 Å². The molecule has 3 aromatic carbocycles. The first kappa shape index (κ1) is 21.4. The summed E-state index contributed by atoms with van der Waals surface area (Å²) in [5.74, 6) is -0.212. The molecular weight excluding hydrogens is 431 g/mol. The minimum absolute atomic E-state index is 0.0256. The lowest BCUT2D eigenvalue weighted by Gasteiger charge is -2.33. The zero-order valence-electron chi connectivity index (χ0n) is 16.8. The predicted molar refractivity (Wildman–Crippen MR) is 123 cm³/mol. The molecular formula is C25H22Cl2N2O2. The number of hydrogen-bond donors (Lipinski definition) is 1. The minimum Gasteiger partial charge on any atom is -0.350 e. The summed E-state index contributed by atoms with van der Waals surface area (Å²) in [4.78, 5) is 27.8. The van der Waals surface area contributed by atoms with Crippen molar-refractivity contribution >= 4 is 35.0 Å². The smallest absolute Gasteiger partial charge is 0.243 e. The average Bonchev–Trinajstić information content (AvgIpc) is 3.16.